The summed E-state index contributed by atoms with van der Waals surface area (Å²) in [4.78, 5) is 30.6. The van der Waals surface area contributed by atoms with Gasteiger partial charge in [0.05, 0.1) is 11.1 Å². The first kappa shape index (κ1) is 17.1. The third-order valence-corrected chi connectivity index (χ3v) is 4.86. The molecule has 0 spiro atoms. The molecule has 1 aromatic heterocycles. The van der Waals surface area contributed by atoms with Gasteiger partial charge in [0.1, 0.15) is 6.61 Å². The molecule has 2 aromatic rings. The van der Waals surface area contributed by atoms with Crippen LogP contribution in [0.15, 0.2) is 54.7 Å². The zero-order valence-electron chi connectivity index (χ0n) is 14.4. The molecule has 1 fully saturated rings. The van der Waals surface area contributed by atoms with Crippen molar-refractivity contribution in [2.75, 3.05) is 13.1 Å². The third kappa shape index (κ3) is 3.71. The van der Waals surface area contributed by atoms with Gasteiger partial charge in [-0.25, -0.2) is 0 Å². The molecular weight excluding hydrogens is 316 g/mol. The average molecular weight is 338 g/mol. The summed E-state index contributed by atoms with van der Waals surface area (Å²) in [6.07, 6.45) is 2.82. The summed E-state index contributed by atoms with van der Waals surface area (Å²) in [5.41, 5.74) is 0.964. The number of likely N-dealkylation sites (tertiary alicyclic amines) is 1. The second-order valence-corrected chi connectivity index (χ2v) is 6.35. The average Bonchev–Trinajstić information content (AvgIpc) is 2.67. The molecule has 2 heterocycles. The van der Waals surface area contributed by atoms with Gasteiger partial charge in [-0.05, 0) is 30.5 Å². The van der Waals surface area contributed by atoms with E-state index in [0.717, 1.165) is 11.3 Å². The number of rotatable bonds is 4. The number of esters is 1. The summed E-state index contributed by atoms with van der Waals surface area (Å²) >= 11 is 0. The number of benzene rings is 1. The van der Waals surface area contributed by atoms with Crippen LogP contribution in [0.3, 0.4) is 0 Å². The second-order valence-electron chi connectivity index (χ2n) is 6.35. The van der Waals surface area contributed by atoms with Gasteiger partial charge in [-0.3, -0.25) is 14.6 Å². The molecule has 1 amide bonds. The maximum Gasteiger partial charge on any atom is 0.317 e. The van der Waals surface area contributed by atoms with E-state index in [0.29, 0.717) is 25.9 Å². The fourth-order valence-corrected chi connectivity index (χ4v) is 3.33. The highest BCUT2D eigenvalue weighted by Crippen LogP contribution is 2.37. The van der Waals surface area contributed by atoms with Crippen LogP contribution >= 0.6 is 0 Å². The largest absolute Gasteiger partial charge is 0.459 e. The van der Waals surface area contributed by atoms with E-state index < -0.39 is 5.41 Å². The van der Waals surface area contributed by atoms with Gasteiger partial charge in [-0.2, -0.15) is 0 Å². The minimum atomic E-state index is -0.706. The molecule has 1 aromatic carbocycles. The fraction of sp³-hybridized carbons (Fsp3) is 0.350. The van der Waals surface area contributed by atoms with Crippen molar-refractivity contribution >= 4 is 11.9 Å². The van der Waals surface area contributed by atoms with Gasteiger partial charge in [-0.15, -0.1) is 0 Å². The van der Waals surface area contributed by atoms with E-state index in [-0.39, 0.29) is 18.5 Å². The van der Waals surface area contributed by atoms with E-state index in [1.807, 2.05) is 48.5 Å². The number of carbonyl (C=O) groups is 2. The summed E-state index contributed by atoms with van der Waals surface area (Å²) in [7, 11) is 0. The van der Waals surface area contributed by atoms with Crippen LogP contribution in [0.25, 0.3) is 0 Å². The van der Waals surface area contributed by atoms with Crippen LogP contribution in [0.2, 0.25) is 0 Å². The van der Waals surface area contributed by atoms with Crippen LogP contribution in [0.1, 0.15) is 31.0 Å². The highest BCUT2D eigenvalue weighted by Gasteiger charge is 2.44. The molecule has 5 heteroatoms. The molecule has 0 atom stereocenters. The molecule has 1 aliphatic heterocycles. The molecule has 3 rings (SSSR count). The minimum Gasteiger partial charge on any atom is -0.459 e. The topological polar surface area (TPSA) is 59.5 Å². The van der Waals surface area contributed by atoms with Crippen molar-refractivity contribution in [1.29, 1.82) is 0 Å². The summed E-state index contributed by atoms with van der Waals surface area (Å²) in [5, 5.41) is 0. The second kappa shape index (κ2) is 7.47. The van der Waals surface area contributed by atoms with Crippen molar-refractivity contribution in [2.45, 2.75) is 31.8 Å². The highest BCUT2D eigenvalue weighted by atomic mass is 16.5. The molecule has 0 bridgehead atoms. The Hall–Kier alpha value is -2.69. The lowest BCUT2D eigenvalue weighted by Gasteiger charge is -2.40. The normalized spacial score (nSPS) is 16.3. The number of aromatic nitrogens is 1. The van der Waals surface area contributed by atoms with Crippen LogP contribution in [-0.2, 0) is 26.3 Å². The van der Waals surface area contributed by atoms with Crippen LogP contribution in [0, 0.1) is 0 Å². The molecule has 0 radical (unpaired) electrons. The van der Waals surface area contributed by atoms with Gasteiger partial charge < -0.3 is 9.64 Å². The number of ether oxygens (including phenoxy) is 1. The molecule has 5 nitrogen and oxygen atoms in total. The maximum atomic E-state index is 13.0. The zero-order chi connectivity index (χ0) is 17.7. The van der Waals surface area contributed by atoms with Gasteiger partial charge in [-0.1, -0.05) is 36.4 Å². The van der Waals surface area contributed by atoms with Gasteiger partial charge in [0.25, 0.3) is 0 Å². The summed E-state index contributed by atoms with van der Waals surface area (Å²) < 4.78 is 5.62. The molecule has 0 unspecified atom stereocenters. The minimum absolute atomic E-state index is 0.0449. The van der Waals surface area contributed by atoms with Crippen LogP contribution in [-0.4, -0.2) is 34.8 Å². The molecule has 25 heavy (non-hydrogen) atoms. The smallest absolute Gasteiger partial charge is 0.317 e. The number of nitrogens with zero attached hydrogens (tertiary/aromatic N) is 2. The molecule has 1 aliphatic rings. The zero-order valence-corrected chi connectivity index (χ0v) is 14.4. The lowest BCUT2D eigenvalue weighted by Crippen LogP contribution is -2.49. The number of pyridine rings is 1. The van der Waals surface area contributed by atoms with E-state index in [4.69, 9.17) is 4.74 Å². The Kier molecular flexibility index (Phi) is 5.12. The number of hydrogen-bond acceptors (Lipinski definition) is 4. The van der Waals surface area contributed by atoms with E-state index in [1.165, 1.54) is 0 Å². The van der Waals surface area contributed by atoms with Gasteiger partial charge in [0.15, 0.2) is 0 Å². The Balaban J connectivity index is 1.80. The van der Waals surface area contributed by atoms with Crippen molar-refractivity contribution < 1.29 is 14.3 Å². The predicted octanol–water partition coefficient (Wildman–Crippen LogP) is 2.71. The van der Waals surface area contributed by atoms with E-state index in [9.17, 15) is 9.59 Å². The van der Waals surface area contributed by atoms with Gasteiger partial charge in [0, 0.05) is 26.2 Å². The summed E-state index contributed by atoms with van der Waals surface area (Å²) in [6, 6.07) is 15.3. The third-order valence-electron chi connectivity index (χ3n) is 4.86. The Morgan fingerprint density at radius 1 is 1.08 bits per heavy atom. The van der Waals surface area contributed by atoms with Crippen LogP contribution < -0.4 is 0 Å². The van der Waals surface area contributed by atoms with Gasteiger partial charge >= 0.3 is 5.97 Å². The fourth-order valence-electron chi connectivity index (χ4n) is 3.33. The van der Waals surface area contributed by atoms with E-state index in [2.05, 4.69) is 4.98 Å². The standard InChI is InChI=1S/C20H22N2O3/c1-16(23)22-13-10-20(11-14-22,17-7-3-2-4-8-17)19(24)25-15-18-9-5-6-12-21-18/h2-9,12H,10-11,13-15H2,1H3. The number of carbonyl (C=O) groups excluding carboxylic acids is 2. The Labute approximate surface area is 147 Å². The Morgan fingerprint density at radius 3 is 2.36 bits per heavy atom. The van der Waals surface area contributed by atoms with Crippen molar-refractivity contribution in [3.63, 3.8) is 0 Å². The van der Waals surface area contributed by atoms with Crippen LogP contribution in [0.4, 0.5) is 0 Å². The van der Waals surface area contributed by atoms with Crippen molar-refractivity contribution in [3.05, 3.63) is 66.0 Å². The van der Waals surface area contributed by atoms with Crippen molar-refractivity contribution in [3.8, 4) is 0 Å². The SMILES string of the molecule is CC(=O)N1CCC(C(=O)OCc2ccccn2)(c2ccccc2)CC1. The molecule has 130 valence electrons. The predicted molar refractivity (Wildman–Crippen MR) is 93.6 cm³/mol. The van der Waals surface area contributed by atoms with E-state index >= 15 is 0 Å². The quantitative estimate of drug-likeness (QED) is 0.804. The van der Waals surface area contributed by atoms with Crippen molar-refractivity contribution in [1.82, 2.24) is 9.88 Å². The first-order chi connectivity index (χ1) is 12.1. The number of amides is 1. The monoisotopic (exact) mass is 338 g/mol. The number of piperidine rings is 1. The van der Waals surface area contributed by atoms with Crippen LogP contribution in [0.5, 0.6) is 0 Å². The Bertz CT molecular complexity index is 723. The highest BCUT2D eigenvalue weighted by molar-refractivity contribution is 5.84. The summed E-state index contributed by atoms with van der Waals surface area (Å²) in [6.45, 7) is 2.84. The molecule has 0 saturated carbocycles. The number of hydrogen-bond donors (Lipinski definition) is 0. The first-order valence-corrected chi connectivity index (χ1v) is 8.50. The van der Waals surface area contributed by atoms with Crippen molar-refractivity contribution in [2.24, 2.45) is 0 Å². The lowest BCUT2D eigenvalue weighted by molar-refractivity contribution is -0.155. The summed E-state index contributed by atoms with van der Waals surface area (Å²) in [5.74, 6) is -0.198. The van der Waals surface area contributed by atoms with E-state index in [1.54, 1.807) is 18.0 Å². The van der Waals surface area contributed by atoms with Gasteiger partial charge in [0.2, 0.25) is 5.91 Å². The maximum absolute atomic E-state index is 13.0. The lowest BCUT2D eigenvalue weighted by atomic mass is 9.72. The molecule has 0 aliphatic carbocycles. The molecule has 0 N–H and O–H groups in total. The Morgan fingerprint density at radius 2 is 1.76 bits per heavy atom. The molecular formula is C20H22N2O3. The molecule has 1 saturated heterocycles. The first-order valence-electron chi connectivity index (χ1n) is 8.50.